The Hall–Kier alpha value is -2.32. The predicted octanol–water partition coefficient (Wildman–Crippen LogP) is 5.63. The lowest BCUT2D eigenvalue weighted by atomic mass is 9.66. The molecule has 2 heteroatoms. The number of fused-ring (bicyclic) bond motifs is 1. The van der Waals surface area contributed by atoms with Gasteiger partial charge in [-0.15, -0.1) is 0 Å². The second kappa shape index (κ2) is 5.71. The molecule has 1 aromatic carbocycles. The highest BCUT2D eigenvalue weighted by Crippen LogP contribution is 2.51. The van der Waals surface area contributed by atoms with Crippen LogP contribution in [0.15, 0.2) is 54.1 Å². The lowest BCUT2D eigenvalue weighted by molar-refractivity contribution is 0.319. The van der Waals surface area contributed by atoms with Gasteiger partial charge in [0.15, 0.2) is 0 Å². The van der Waals surface area contributed by atoms with E-state index in [-0.39, 0.29) is 17.3 Å². The van der Waals surface area contributed by atoms with E-state index in [1.807, 2.05) is 6.07 Å². The summed E-state index contributed by atoms with van der Waals surface area (Å²) >= 11 is 0. The Morgan fingerprint density at radius 2 is 1.78 bits per heavy atom. The maximum atomic E-state index is 7.70. The van der Waals surface area contributed by atoms with Crippen LogP contribution in [-0.2, 0) is 0 Å². The number of allylic oxidation sites excluding steroid dienone is 2. The molecule has 0 N–H and O–H groups in total. The molecule has 2 aliphatic rings. The van der Waals surface area contributed by atoms with Crippen LogP contribution in [0.3, 0.4) is 0 Å². The van der Waals surface area contributed by atoms with Gasteiger partial charge in [0.05, 0.1) is 0 Å². The molecule has 2 aliphatic carbocycles. The molecule has 2 atom stereocenters. The fourth-order valence-electron chi connectivity index (χ4n) is 3.96. The van der Waals surface area contributed by atoms with Gasteiger partial charge in [0.25, 0.3) is 0 Å². The average molecular weight is 302 g/mol. The van der Waals surface area contributed by atoms with E-state index >= 15 is 0 Å². The van der Waals surface area contributed by atoms with Crippen molar-refractivity contribution in [1.82, 2.24) is 0 Å². The van der Waals surface area contributed by atoms with Gasteiger partial charge in [-0.2, -0.15) is 0 Å². The van der Waals surface area contributed by atoms with Crippen molar-refractivity contribution in [3.63, 3.8) is 0 Å². The van der Waals surface area contributed by atoms with Crippen LogP contribution in [0.1, 0.15) is 44.6 Å². The second-order valence-corrected chi connectivity index (χ2v) is 7.34. The Labute approximate surface area is 139 Å². The van der Waals surface area contributed by atoms with Crippen molar-refractivity contribution in [2.24, 2.45) is 11.3 Å². The largest absolute Gasteiger partial charge is 0.509 e. The number of benzene rings is 1. The third-order valence-electron chi connectivity index (χ3n) is 5.24. The number of nitrogens with zero attached hydrogens (tertiary/aromatic N) is 2. The van der Waals surface area contributed by atoms with Gasteiger partial charge in [-0.1, -0.05) is 62.4 Å². The monoisotopic (exact) mass is 302 g/mol. The molecule has 0 aromatic heterocycles. The lowest BCUT2D eigenvalue weighted by Gasteiger charge is -2.35. The third-order valence-corrected chi connectivity index (χ3v) is 5.24. The fourth-order valence-corrected chi connectivity index (χ4v) is 3.96. The molecule has 116 valence electrons. The van der Waals surface area contributed by atoms with Crippen molar-refractivity contribution in [2.45, 2.75) is 44.7 Å². The molecule has 2 nitrogen and oxygen atoms in total. The molecule has 0 bridgehead atoms. The van der Waals surface area contributed by atoms with E-state index in [0.717, 1.165) is 18.4 Å². The molecule has 0 aliphatic heterocycles. The van der Waals surface area contributed by atoms with Gasteiger partial charge in [0, 0.05) is 11.8 Å². The maximum Gasteiger partial charge on any atom is 0.509 e. The SMILES string of the molecule is [C-]#[N+]C1([N+]#[C-])CC=C[C@@H](c2ccccc2)[C@@H]2CCC(C)(C)C=C21. The third kappa shape index (κ3) is 2.71. The summed E-state index contributed by atoms with van der Waals surface area (Å²) in [7, 11) is 0. The Morgan fingerprint density at radius 3 is 2.43 bits per heavy atom. The molecule has 23 heavy (non-hydrogen) atoms. The molecule has 0 spiro atoms. The predicted molar refractivity (Wildman–Crippen MR) is 93.5 cm³/mol. The molecule has 0 saturated heterocycles. The van der Waals surface area contributed by atoms with Gasteiger partial charge < -0.3 is 0 Å². The summed E-state index contributed by atoms with van der Waals surface area (Å²) in [4.78, 5) is 7.62. The van der Waals surface area contributed by atoms with E-state index in [0.29, 0.717) is 6.42 Å². The van der Waals surface area contributed by atoms with E-state index in [4.69, 9.17) is 13.1 Å². The standard InChI is InChI=1S/C21H22N2/c1-20(2)14-12-18-17(16-9-6-5-7-10-16)11-8-13-21(22-3,23-4)19(18)15-20/h5-11,15,17-18H,12-14H2,1-2H3/t17-,18-/m0/s1. The van der Waals surface area contributed by atoms with Gasteiger partial charge in [-0.25, -0.2) is 22.8 Å². The Balaban J connectivity index is 2.14. The molecule has 0 radical (unpaired) electrons. The minimum absolute atomic E-state index is 0.0675. The summed E-state index contributed by atoms with van der Waals surface area (Å²) in [5, 5.41) is 0. The number of hydrogen-bond acceptors (Lipinski definition) is 0. The van der Waals surface area contributed by atoms with Crippen molar-refractivity contribution >= 4 is 0 Å². The molecule has 1 aromatic rings. The summed E-state index contributed by atoms with van der Waals surface area (Å²) in [5.41, 5.74) is 1.36. The fraction of sp³-hybridized carbons (Fsp3) is 0.429. The summed E-state index contributed by atoms with van der Waals surface area (Å²) < 4.78 is 0. The van der Waals surface area contributed by atoms with Crippen LogP contribution in [-0.4, -0.2) is 5.66 Å². The molecule has 0 saturated carbocycles. The summed E-state index contributed by atoms with van der Waals surface area (Å²) in [6, 6.07) is 10.5. The Bertz CT molecular complexity index is 711. The zero-order chi connectivity index (χ0) is 16.5. The van der Waals surface area contributed by atoms with E-state index in [1.54, 1.807) is 0 Å². The van der Waals surface area contributed by atoms with Crippen molar-refractivity contribution in [3.05, 3.63) is 82.5 Å². The van der Waals surface area contributed by atoms with Crippen LogP contribution in [0.4, 0.5) is 0 Å². The van der Waals surface area contributed by atoms with E-state index < -0.39 is 5.66 Å². The van der Waals surface area contributed by atoms with Crippen LogP contribution < -0.4 is 0 Å². The highest BCUT2D eigenvalue weighted by molar-refractivity contribution is 5.42. The van der Waals surface area contributed by atoms with Gasteiger partial charge >= 0.3 is 5.66 Å². The van der Waals surface area contributed by atoms with Gasteiger partial charge in [0.2, 0.25) is 0 Å². The average Bonchev–Trinajstić information content (AvgIpc) is 2.72. The normalized spacial score (nSPS) is 27.7. The number of hydrogen-bond donors (Lipinski definition) is 0. The highest BCUT2D eigenvalue weighted by Gasteiger charge is 2.55. The molecule has 0 unspecified atom stereocenters. The van der Waals surface area contributed by atoms with Gasteiger partial charge in [-0.05, 0) is 23.8 Å². The van der Waals surface area contributed by atoms with E-state index in [2.05, 4.69) is 66.0 Å². The van der Waals surface area contributed by atoms with Crippen LogP contribution in [0.2, 0.25) is 0 Å². The summed E-state index contributed by atoms with van der Waals surface area (Å²) in [6.07, 6.45) is 9.16. The zero-order valence-corrected chi connectivity index (χ0v) is 13.8. The summed E-state index contributed by atoms with van der Waals surface area (Å²) in [6.45, 7) is 19.8. The molecular formula is C21H22N2. The van der Waals surface area contributed by atoms with Crippen LogP contribution >= 0.6 is 0 Å². The van der Waals surface area contributed by atoms with E-state index in [9.17, 15) is 0 Å². The quantitative estimate of drug-likeness (QED) is 0.470. The number of rotatable bonds is 1. The van der Waals surface area contributed by atoms with Crippen molar-refractivity contribution in [2.75, 3.05) is 0 Å². The second-order valence-electron chi connectivity index (χ2n) is 7.34. The van der Waals surface area contributed by atoms with Crippen molar-refractivity contribution < 1.29 is 0 Å². The van der Waals surface area contributed by atoms with Gasteiger partial charge in [-0.3, -0.25) is 0 Å². The molecule has 3 rings (SSSR count). The first-order valence-electron chi connectivity index (χ1n) is 8.23. The first kappa shape index (κ1) is 15.6. The maximum absolute atomic E-state index is 7.70. The lowest BCUT2D eigenvalue weighted by Crippen LogP contribution is -2.33. The van der Waals surface area contributed by atoms with Crippen LogP contribution in [0, 0.1) is 24.5 Å². The van der Waals surface area contributed by atoms with Crippen LogP contribution in [0.25, 0.3) is 9.69 Å². The van der Waals surface area contributed by atoms with E-state index in [1.165, 1.54) is 5.56 Å². The molecular weight excluding hydrogens is 280 g/mol. The van der Waals surface area contributed by atoms with Crippen LogP contribution in [0.5, 0.6) is 0 Å². The van der Waals surface area contributed by atoms with Crippen molar-refractivity contribution in [1.29, 1.82) is 0 Å². The zero-order valence-electron chi connectivity index (χ0n) is 13.8. The summed E-state index contributed by atoms with van der Waals surface area (Å²) in [5.74, 6) is 0.524. The van der Waals surface area contributed by atoms with Gasteiger partial charge in [0.1, 0.15) is 12.0 Å². The minimum atomic E-state index is -1.04. The van der Waals surface area contributed by atoms with Crippen molar-refractivity contribution in [3.8, 4) is 0 Å². The first-order chi connectivity index (χ1) is 11.0. The molecule has 0 heterocycles. The first-order valence-corrected chi connectivity index (χ1v) is 8.23. The highest BCUT2D eigenvalue weighted by atomic mass is 15.0. The molecule has 0 fully saturated rings. The Morgan fingerprint density at radius 1 is 1.09 bits per heavy atom. The Kier molecular flexibility index (Phi) is 3.87. The minimum Gasteiger partial charge on any atom is -0.226 e. The topological polar surface area (TPSA) is 8.72 Å². The molecule has 0 amide bonds. The smallest absolute Gasteiger partial charge is 0.226 e.